The molecule has 0 unspecified atom stereocenters. The molecular weight excluding hydrogens is 168 g/mol. The third kappa shape index (κ3) is 0.944. The number of aromatic nitrogens is 2. The smallest absolute Gasteiger partial charge is 0.383 e. The predicted octanol–water partition coefficient (Wildman–Crippen LogP) is -1.22. The van der Waals surface area contributed by atoms with Crippen molar-refractivity contribution in [1.82, 2.24) is 15.6 Å². The minimum absolute atomic E-state index is 0.0606. The molecule has 8 heteroatoms. The molecular formula is C4HN4O4. The Morgan fingerprint density at radius 2 is 2.17 bits per heavy atom. The van der Waals surface area contributed by atoms with E-state index in [4.69, 9.17) is 0 Å². The van der Waals surface area contributed by atoms with Crippen LogP contribution in [-0.4, -0.2) is 22.1 Å². The lowest BCUT2D eigenvalue weighted by atomic mass is 10.6. The van der Waals surface area contributed by atoms with Crippen LogP contribution in [-0.2, 0) is 4.74 Å². The van der Waals surface area contributed by atoms with Gasteiger partial charge in [-0.1, -0.05) is 5.43 Å². The number of nitrogens with zero attached hydrogens (tertiary/aromatic N) is 3. The summed E-state index contributed by atoms with van der Waals surface area (Å²) in [5.74, 6) is -0.990. The lowest BCUT2D eigenvalue weighted by Gasteiger charge is -1.87. The molecule has 0 aliphatic carbocycles. The van der Waals surface area contributed by atoms with Crippen LogP contribution < -0.4 is 11.2 Å². The van der Waals surface area contributed by atoms with Crippen LogP contribution in [0.3, 0.4) is 0 Å². The van der Waals surface area contributed by atoms with Crippen molar-refractivity contribution in [2.24, 2.45) is 5.10 Å². The third-order valence-corrected chi connectivity index (χ3v) is 1.05. The molecule has 1 N–H and O–H groups in total. The fourth-order valence-corrected chi connectivity index (χ4v) is 0.627. The normalized spacial score (nSPS) is 15.3. The molecule has 8 nitrogen and oxygen atoms in total. The van der Waals surface area contributed by atoms with Crippen molar-refractivity contribution in [3.05, 3.63) is 16.4 Å². The van der Waals surface area contributed by atoms with E-state index < -0.39 is 11.8 Å². The Hall–Kier alpha value is -2.12. The molecule has 1 amide bonds. The Morgan fingerprint density at radius 3 is 2.67 bits per heavy atom. The molecule has 0 fully saturated rings. The van der Waals surface area contributed by atoms with Gasteiger partial charge in [0.25, 0.3) is 5.90 Å². The van der Waals surface area contributed by atoms with Gasteiger partial charge < -0.3 is 4.74 Å². The number of carbonyl (C=O) groups is 1. The maximum atomic E-state index is 10.4. The zero-order valence-electron chi connectivity index (χ0n) is 5.47. The number of hydrogen-bond donors (Lipinski definition) is 1. The summed E-state index contributed by atoms with van der Waals surface area (Å²) in [6, 6.07) is 0. The number of rotatable bonds is 1. The number of aromatic amines is 1. The predicted molar refractivity (Wildman–Crippen MR) is 32.3 cm³/mol. The molecule has 0 aromatic carbocycles. The average Bonchev–Trinajstić information content (AvgIpc) is 2.58. The number of nitrogens with one attached hydrogen (secondary N) is 1. The highest BCUT2D eigenvalue weighted by Gasteiger charge is 2.23. The second kappa shape index (κ2) is 2.19. The molecule has 0 atom stereocenters. The number of cyclic esters (lactones) is 1. The van der Waals surface area contributed by atoms with Crippen molar-refractivity contribution in [2.45, 2.75) is 0 Å². The van der Waals surface area contributed by atoms with Gasteiger partial charge in [0.15, 0.2) is 0 Å². The zero-order valence-corrected chi connectivity index (χ0v) is 5.47. The van der Waals surface area contributed by atoms with Crippen LogP contribution in [0.15, 0.2) is 14.4 Å². The number of H-pyrrole nitrogens is 1. The Labute approximate surface area is 64.2 Å². The van der Waals surface area contributed by atoms with Crippen LogP contribution in [0.2, 0.25) is 0 Å². The summed E-state index contributed by atoms with van der Waals surface area (Å²) < 4.78 is 8.55. The van der Waals surface area contributed by atoms with Crippen molar-refractivity contribution in [3.63, 3.8) is 0 Å². The summed E-state index contributed by atoms with van der Waals surface area (Å²) in [6.45, 7) is 0. The second-order valence-corrected chi connectivity index (χ2v) is 1.82. The SMILES string of the molecule is O=C1[N]N=C(c2noc(=O)[nH]2)O1. The van der Waals surface area contributed by atoms with Crippen LogP contribution in [0.5, 0.6) is 0 Å². The van der Waals surface area contributed by atoms with Crippen LogP contribution in [0.1, 0.15) is 5.82 Å². The maximum Gasteiger partial charge on any atom is 0.459 e. The molecule has 1 aliphatic heterocycles. The molecule has 0 spiro atoms. The minimum atomic E-state index is -0.853. The molecule has 0 bridgehead atoms. The molecule has 61 valence electrons. The first-order valence-electron chi connectivity index (χ1n) is 2.82. The zero-order chi connectivity index (χ0) is 8.55. The highest BCUT2D eigenvalue weighted by Crippen LogP contribution is 1.99. The summed E-state index contributed by atoms with van der Waals surface area (Å²) in [4.78, 5) is 22.9. The van der Waals surface area contributed by atoms with Crippen molar-refractivity contribution in [1.29, 1.82) is 0 Å². The molecule has 12 heavy (non-hydrogen) atoms. The van der Waals surface area contributed by atoms with E-state index in [2.05, 4.69) is 29.9 Å². The van der Waals surface area contributed by atoms with Gasteiger partial charge in [0, 0.05) is 0 Å². The van der Waals surface area contributed by atoms with E-state index in [1.807, 2.05) is 0 Å². The van der Waals surface area contributed by atoms with E-state index >= 15 is 0 Å². The Bertz CT molecular complexity index is 401. The van der Waals surface area contributed by atoms with Gasteiger partial charge in [-0.15, -0.1) is 5.10 Å². The van der Waals surface area contributed by atoms with Crippen molar-refractivity contribution in [3.8, 4) is 0 Å². The Kier molecular flexibility index (Phi) is 1.20. The van der Waals surface area contributed by atoms with Gasteiger partial charge in [0.1, 0.15) is 0 Å². The molecule has 1 aromatic heterocycles. The molecule has 1 aromatic rings. The number of hydrogen-bond acceptors (Lipinski definition) is 6. The van der Waals surface area contributed by atoms with Crippen molar-refractivity contribution in [2.75, 3.05) is 0 Å². The lowest BCUT2D eigenvalue weighted by molar-refractivity contribution is 0.205. The van der Waals surface area contributed by atoms with Crippen molar-refractivity contribution < 1.29 is 14.1 Å². The lowest BCUT2D eigenvalue weighted by Crippen LogP contribution is -2.08. The fraction of sp³-hybridized carbons (Fsp3) is 0. The molecule has 1 aliphatic rings. The largest absolute Gasteiger partial charge is 0.459 e. The van der Waals surface area contributed by atoms with E-state index in [1.165, 1.54) is 0 Å². The summed E-state index contributed by atoms with van der Waals surface area (Å²) in [7, 11) is 0. The third-order valence-electron chi connectivity index (χ3n) is 1.05. The monoisotopic (exact) mass is 169 g/mol. The second-order valence-electron chi connectivity index (χ2n) is 1.82. The van der Waals surface area contributed by atoms with Crippen LogP contribution in [0.25, 0.3) is 0 Å². The van der Waals surface area contributed by atoms with Gasteiger partial charge in [0.2, 0.25) is 5.82 Å². The highest BCUT2D eigenvalue weighted by atomic mass is 16.6. The van der Waals surface area contributed by atoms with Crippen LogP contribution >= 0.6 is 0 Å². The van der Waals surface area contributed by atoms with E-state index in [-0.39, 0.29) is 11.7 Å². The van der Waals surface area contributed by atoms with E-state index in [9.17, 15) is 9.59 Å². The first-order chi connectivity index (χ1) is 5.75. The summed E-state index contributed by atoms with van der Waals surface area (Å²) >= 11 is 0. The van der Waals surface area contributed by atoms with E-state index in [1.54, 1.807) is 0 Å². The Balaban J connectivity index is 2.32. The molecule has 1 radical (unpaired) electrons. The van der Waals surface area contributed by atoms with E-state index in [0.29, 0.717) is 0 Å². The van der Waals surface area contributed by atoms with Gasteiger partial charge in [-0.2, -0.15) is 0 Å². The maximum absolute atomic E-state index is 10.4. The number of ether oxygens (including phenoxy) is 1. The number of carbonyl (C=O) groups excluding carboxylic acids is 1. The molecule has 0 saturated heterocycles. The number of amides is 1. The van der Waals surface area contributed by atoms with Crippen LogP contribution in [0.4, 0.5) is 4.79 Å². The van der Waals surface area contributed by atoms with Gasteiger partial charge in [-0.3, -0.25) is 9.51 Å². The van der Waals surface area contributed by atoms with Gasteiger partial charge >= 0.3 is 11.8 Å². The molecule has 2 heterocycles. The summed E-state index contributed by atoms with van der Waals surface area (Å²) in [6.07, 6.45) is -0.853. The van der Waals surface area contributed by atoms with Gasteiger partial charge in [-0.05, 0) is 5.16 Å². The minimum Gasteiger partial charge on any atom is -0.383 e. The summed E-state index contributed by atoms with van der Waals surface area (Å²) in [5, 5.41) is 6.50. The van der Waals surface area contributed by atoms with Crippen molar-refractivity contribution >= 4 is 12.0 Å². The topological polar surface area (TPSA) is 112 Å². The summed E-state index contributed by atoms with van der Waals surface area (Å²) in [5.41, 5.74) is 3.03. The molecule has 2 rings (SSSR count). The Morgan fingerprint density at radius 1 is 1.33 bits per heavy atom. The van der Waals surface area contributed by atoms with Gasteiger partial charge in [0.05, 0.1) is 0 Å². The first-order valence-corrected chi connectivity index (χ1v) is 2.82. The molecule has 0 saturated carbocycles. The fourth-order valence-electron chi connectivity index (χ4n) is 0.627. The van der Waals surface area contributed by atoms with Gasteiger partial charge in [-0.25, -0.2) is 9.59 Å². The van der Waals surface area contributed by atoms with E-state index in [0.717, 1.165) is 0 Å². The standard InChI is InChI=1S/C4HN4O4/c9-3-5-1(8-12-3)2-6-7-4(10)11-2/h(H,5,8,9). The van der Waals surface area contributed by atoms with Crippen LogP contribution in [0, 0.1) is 0 Å². The highest BCUT2D eigenvalue weighted by molar-refractivity contribution is 6.00. The average molecular weight is 169 g/mol. The quantitative estimate of drug-likeness (QED) is 0.566. The first kappa shape index (κ1) is 6.58.